The summed E-state index contributed by atoms with van der Waals surface area (Å²) in [6.07, 6.45) is 1.45. The van der Waals surface area contributed by atoms with Crippen molar-refractivity contribution in [3.8, 4) is 5.88 Å². The Morgan fingerprint density at radius 1 is 1.31 bits per heavy atom. The van der Waals surface area contributed by atoms with Gasteiger partial charge in [-0.25, -0.2) is 9.37 Å². The molecule has 0 radical (unpaired) electrons. The summed E-state index contributed by atoms with van der Waals surface area (Å²) in [5, 5.41) is 13.0. The van der Waals surface area contributed by atoms with Crippen molar-refractivity contribution in [2.75, 3.05) is 30.8 Å². The van der Waals surface area contributed by atoms with Crippen LogP contribution in [0.5, 0.6) is 5.88 Å². The van der Waals surface area contributed by atoms with E-state index in [1.54, 1.807) is 26.1 Å². The molecule has 3 aromatic rings. The van der Waals surface area contributed by atoms with E-state index in [0.29, 0.717) is 34.2 Å². The van der Waals surface area contributed by atoms with Crippen molar-refractivity contribution < 1.29 is 13.9 Å². The van der Waals surface area contributed by atoms with Gasteiger partial charge in [-0.2, -0.15) is 14.6 Å². The number of fused-ring (bicyclic) bond motifs is 3. The maximum absolute atomic E-state index is 14.2. The molecule has 1 aliphatic rings. The first-order chi connectivity index (χ1) is 12.6. The van der Waals surface area contributed by atoms with Crippen LogP contribution in [0.3, 0.4) is 0 Å². The first-order valence-electron chi connectivity index (χ1n) is 7.98. The number of hydrogen-bond donors (Lipinski definition) is 3. The average Bonchev–Trinajstić information content (AvgIpc) is 3.05. The zero-order chi connectivity index (χ0) is 18.3. The molecule has 134 valence electrons. The third-order valence-electron chi connectivity index (χ3n) is 3.96. The summed E-state index contributed by atoms with van der Waals surface area (Å²) in [4.78, 5) is 21.0. The van der Waals surface area contributed by atoms with Gasteiger partial charge in [0.1, 0.15) is 29.6 Å². The number of nitrogens with one attached hydrogen (secondary N) is 3. The van der Waals surface area contributed by atoms with E-state index in [-0.39, 0.29) is 24.9 Å². The summed E-state index contributed by atoms with van der Waals surface area (Å²) in [6, 6.07) is 3.27. The number of amides is 1. The number of carbonyl (C=O) groups excluding carboxylic acids is 1. The van der Waals surface area contributed by atoms with Gasteiger partial charge in [-0.05, 0) is 18.6 Å². The minimum atomic E-state index is -0.535. The lowest BCUT2D eigenvalue weighted by atomic mass is 10.2. The monoisotopic (exact) mass is 357 g/mol. The highest BCUT2D eigenvalue weighted by Gasteiger charge is 2.19. The normalized spacial score (nSPS) is 13.9. The lowest BCUT2D eigenvalue weighted by molar-refractivity contribution is 0.0947. The molecule has 4 heterocycles. The van der Waals surface area contributed by atoms with E-state index < -0.39 is 5.82 Å². The Balaban J connectivity index is 1.90. The highest BCUT2D eigenvalue weighted by molar-refractivity contribution is 6.00. The first kappa shape index (κ1) is 16.1. The smallest absolute Gasteiger partial charge is 0.256 e. The molecule has 26 heavy (non-hydrogen) atoms. The van der Waals surface area contributed by atoms with Crippen LogP contribution in [0.4, 0.5) is 21.8 Å². The van der Waals surface area contributed by atoms with Gasteiger partial charge >= 0.3 is 0 Å². The molecular formula is C16H16FN7O2. The highest BCUT2D eigenvalue weighted by Crippen LogP contribution is 2.25. The van der Waals surface area contributed by atoms with E-state index in [4.69, 9.17) is 4.74 Å². The van der Waals surface area contributed by atoms with Gasteiger partial charge in [0.15, 0.2) is 11.5 Å². The summed E-state index contributed by atoms with van der Waals surface area (Å²) in [6.45, 7) is 1.89. The molecule has 3 N–H and O–H groups in total. The van der Waals surface area contributed by atoms with Gasteiger partial charge in [0.25, 0.3) is 11.8 Å². The molecule has 4 bridgehead atoms. The highest BCUT2D eigenvalue weighted by atomic mass is 19.1. The number of aromatic nitrogens is 4. The van der Waals surface area contributed by atoms with Gasteiger partial charge in [-0.1, -0.05) is 0 Å². The van der Waals surface area contributed by atoms with Crippen LogP contribution < -0.4 is 20.7 Å². The molecule has 0 fully saturated rings. The van der Waals surface area contributed by atoms with Crippen LogP contribution in [0, 0.1) is 12.7 Å². The van der Waals surface area contributed by atoms with E-state index >= 15 is 0 Å². The van der Waals surface area contributed by atoms with E-state index in [9.17, 15) is 9.18 Å². The van der Waals surface area contributed by atoms with Crippen LogP contribution in [-0.4, -0.2) is 45.7 Å². The summed E-state index contributed by atoms with van der Waals surface area (Å²) >= 11 is 0. The van der Waals surface area contributed by atoms with Crippen LogP contribution in [0.2, 0.25) is 0 Å². The fourth-order valence-corrected chi connectivity index (χ4v) is 2.69. The largest absolute Gasteiger partial charge is 0.474 e. The molecule has 0 spiro atoms. The van der Waals surface area contributed by atoms with Crippen LogP contribution in [0.1, 0.15) is 15.9 Å². The van der Waals surface area contributed by atoms with Crippen LogP contribution in [0.25, 0.3) is 5.65 Å². The average molecular weight is 357 g/mol. The molecule has 4 rings (SSSR count). The summed E-state index contributed by atoms with van der Waals surface area (Å²) < 4.78 is 21.1. The van der Waals surface area contributed by atoms with E-state index in [1.807, 2.05) is 0 Å². The Bertz CT molecular complexity index is 1020. The molecule has 0 unspecified atom stereocenters. The van der Waals surface area contributed by atoms with Gasteiger partial charge in [-0.15, -0.1) is 0 Å². The third kappa shape index (κ3) is 2.65. The van der Waals surface area contributed by atoms with Gasteiger partial charge in [0.2, 0.25) is 0 Å². The molecule has 0 saturated carbocycles. The minimum Gasteiger partial charge on any atom is -0.474 e. The van der Waals surface area contributed by atoms with Crippen molar-refractivity contribution in [2.24, 2.45) is 0 Å². The Hall–Kier alpha value is -3.43. The zero-order valence-corrected chi connectivity index (χ0v) is 14.1. The van der Waals surface area contributed by atoms with Gasteiger partial charge in [-0.3, -0.25) is 4.79 Å². The number of ether oxygens (including phenoxy) is 1. The van der Waals surface area contributed by atoms with Crippen molar-refractivity contribution in [1.82, 2.24) is 24.9 Å². The number of halogens is 1. The van der Waals surface area contributed by atoms with E-state index in [0.717, 1.165) is 0 Å². The fourth-order valence-electron chi connectivity index (χ4n) is 2.69. The fraction of sp³-hybridized carbons (Fsp3) is 0.250. The SMILES string of the molecule is CNc1cc2nc3c(cnn13)C(=O)NCCOc1nc(cc(C)c1F)N2. The van der Waals surface area contributed by atoms with Gasteiger partial charge < -0.3 is 20.7 Å². The van der Waals surface area contributed by atoms with Gasteiger partial charge in [0, 0.05) is 13.1 Å². The van der Waals surface area contributed by atoms with E-state index in [2.05, 4.69) is 31.0 Å². The van der Waals surface area contributed by atoms with Gasteiger partial charge in [0.05, 0.1) is 12.7 Å². The second-order valence-corrected chi connectivity index (χ2v) is 5.74. The topological polar surface area (TPSA) is 105 Å². The molecular weight excluding hydrogens is 341 g/mol. The maximum Gasteiger partial charge on any atom is 0.256 e. The number of pyridine rings is 1. The summed E-state index contributed by atoms with van der Waals surface area (Å²) in [5.74, 6) is 0.441. The Morgan fingerprint density at radius 3 is 2.92 bits per heavy atom. The Labute approximate surface area is 147 Å². The van der Waals surface area contributed by atoms with Crippen LogP contribution >= 0.6 is 0 Å². The van der Waals surface area contributed by atoms with Crippen LogP contribution in [-0.2, 0) is 0 Å². The van der Waals surface area contributed by atoms with Crippen molar-refractivity contribution >= 4 is 29.0 Å². The zero-order valence-electron chi connectivity index (χ0n) is 14.1. The molecule has 0 aliphatic carbocycles. The standard InChI is InChI=1S/C16H16FN7O2/c1-8-5-10-21-11-6-12(18-2)24-14(22-11)9(7-20-24)15(25)19-3-4-26-16(23-10)13(8)17/h5-7,18H,3-4H2,1-2H3,(H,19,25)(H,21,22,23). The molecule has 10 heteroatoms. The lowest BCUT2D eigenvalue weighted by Gasteiger charge is -2.12. The lowest BCUT2D eigenvalue weighted by Crippen LogP contribution is -2.28. The number of anilines is 3. The molecule has 0 aromatic carbocycles. The number of carbonyl (C=O) groups is 1. The van der Waals surface area contributed by atoms with Crippen molar-refractivity contribution in [3.63, 3.8) is 0 Å². The Morgan fingerprint density at radius 2 is 2.12 bits per heavy atom. The summed E-state index contributed by atoms with van der Waals surface area (Å²) in [5.41, 5.74) is 1.10. The van der Waals surface area contributed by atoms with Crippen molar-refractivity contribution in [2.45, 2.75) is 6.92 Å². The van der Waals surface area contributed by atoms with Crippen molar-refractivity contribution in [3.05, 3.63) is 35.3 Å². The summed E-state index contributed by atoms with van der Waals surface area (Å²) in [7, 11) is 1.74. The minimum absolute atomic E-state index is 0.0791. The molecule has 3 aromatic heterocycles. The molecule has 9 nitrogen and oxygen atoms in total. The van der Waals surface area contributed by atoms with Crippen molar-refractivity contribution in [1.29, 1.82) is 0 Å². The molecule has 1 aliphatic heterocycles. The number of nitrogens with zero attached hydrogens (tertiary/aromatic N) is 4. The quantitative estimate of drug-likeness (QED) is 0.606. The third-order valence-corrected chi connectivity index (χ3v) is 3.96. The predicted molar refractivity (Wildman–Crippen MR) is 92.6 cm³/mol. The molecule has 1 amide bonds. The second kappa shape index (κ2) is 6.14. The predicted octanol–water partition coefficient (Wildman–Crippen LogP) is 1.48. The molecule has 0 saturated heterocycles. The Kier molecular flexibility index (Phi) is 3.79. The van der Waals surface area contributed by atoms with Crippen LogP contribution in [0.15, 0.2) is 18.3 Å². The maximum atomic E-state index is 14.2. The number of aryl methyl sites for hydroxylation is 1. The van der Waals surface area contributed by atoms with E-state index in [1.165, 1.54) is 10.7 Å². The number of rotatable bonds is 1. The second-order valence-electron chi connectivity index (χ2n) is 5.74. The first-order valence-corrected chi connectivity index (χ1v) is 7.98. The number of hydrogen-bond acceptors (Lipinski definition) is 7. The molecule has 0 atom stereocenters.